The van der Waals surface area contributed by atoms with Crippen molar-refractivity contribution in [2.75, 3.05) is 26.2 Å². The summed E-state index contributed by atoms with van der Waals surface area (Å²) in [6.45, 7) is 5.93. The van der Waals surface area contributed by atoms with Gasteiger partial charge in [0.2, 0.25) is 5.91 Å². The fourth-order valence-electron chi connectivity index (χ4n) is 2.12. The van der Waals surface area contributed by atoms with Gasteiger partial charge in [-0.3, -0.25) is 9.69 Å². The van der Waals surface area contributed by atoms with Crippen LogP contribution in [0.25, 0.3) is 0 Å². The third-order valence-corrected chi connectivity index (χ3v) is 4.26. The monoisotopic (exact) mass is 287 g/mol. The second-order valence-corrected chi connectivity index (χ2v) is 5.75. The van der Waals surface area contributed by atoms with Crippen molar-refractivity contribution >= 4 is 28.8 Å². The highest BCUT2D eigenvalue weighted by atomic mass is 35.5. The maximum Gasteiger partial charge on any atom is 0.238 e. The van der Waals surface area contributed by atoms with E-state index in [1.165, 1.54) is 4.88 Å². The number of amides is 1. The molecule has 1 amide bonds. The van der Waals surface area contributed by atoms with Gasteiger partial charge in [0.15, 0.2) is 0 Å². The van der Waals surface area contributed by atoms with Gasteiger partial charge in [-0.25, -0.2) is 0 Å². The van der Waals surface area contributed by atoms with Crippen molar-refractivity contribution in [3.8, 4) is 0 Å². The first-order valence-corrected chi connectivity index (χ1v) is 7.42. The Kier molecular flexibility index (Phi) is 5.00. The van der Waals surface area contributed by atoms with Crippen LogP contribution in [0.15, 0.2) is 11.4 Å². The van der Waals surface area contributed by atoms with Gasteiger partial charge < -0.3 is 10.6 Å². The Morgan fingerprint density at radius 1 is 1.72 bits per heavy atom. The SMILES string of the molecule is CCNC(=O)C1CNCCN1Cc1cc(Cl)cs1. The van der Waals surface area contributed by atoms with E-state index in [1.54, 1.807) is 11.3 Å². The summed E-state index contributed by atoms with van der Waals surface area (Å²) in [5.74, 6) is 0.104. The molecular weight excluding hydrogens is 270 g/mol. The van der Waals surface area contributed by atoms with E-state index >= 15 is 0 Å². The van der Waals surface area contributed by atoms with Crippen LogP contribution in [-0.4, -0.2) is 43.0 Å². The smallest absolute Gasteiger partial charge is 0.238 e. The minimum atomic E-state index is -0.0837. The summed E-state index contributed by atoms with van der Waals surface area (Å²) >= 11 is 7.57. The van der Waals surface area contributed by atoms with Crippen LogP contribution in [0.1, 0.15) is 11.8 Å². The normalized spacial score (nSPS) is 20.9. The average molecular weight is 288 g/mol. The van der Waals surface area contributed by atoms with Gasteiger partial charge in [-0.1, -0.05) is 11.6 Å². The second-order valence-electron chi connectivity index (χ2n) is 4.32. The van der Waals surface area contributed by atoms with Gasteiger partial charge >= 0.3 is 0 Å². The molecule has 0 aliphatic carbocycles. The van der Waals surface area contributed by atoms with E-state index in [0.29, 0.717) is 13.1 Å². The van der Waals surface area contributed by atoms with Crippen molar-refractivity contribution in [2.45, 2.75) is 19.5 Å². The summed E-state index contributed by atoms with van der Waals surface area (Å²) in [5.41, 5.74) is 0. The maximum absolute atomic E-state index is 12.0. The van der Waals surface area contributed by atoms with E-state index in [9.17, 15) is 4.79 Å². The number of nitrogens with one attached hydrogen (secondary N) is 2. The van der Waals surface area contributed by atoms with Crippen LogP contribution in [0.2, 0.25) is 5.02 Å². The molecule has 0 saturated carbocycles. The highest BCUT2D eigenvalue weighted by Crippen LogP contribution is 2.21. The Morgan fingerprint density at radius 2 is 2.56 bits per heavy atom. The Bertz CT molecular complexity index is 410. The first-order chi connectivity index (χ1) is 8.70. The number of rotatable bonds is 4. The van der Waals surface area contributed by atoms with Gasteiger partial charge in [0.05, 0.1) is 5.02 Å². The van der Waals surface area contributed by atoms with Crippen LogP contribution in [0.3, 0.4) is 0 Å². The lowest BCUT2D eigenvalue weighted by Crippen LogP contribution is -2.57. The van der Waals surface area contributed by atoms with Crippen LogP contribution in [0, 0.1) is 0 Å². The van der Waals surface area contributed by atoms with Gasteiger partial charge in [-0.15, -0.1) is 11.3 Å². The van der Waals surface area contributed by atoms with Crippen molar-refractivity contribution in [3.05, 3.63) is 21.3 Å². The van der Waals surface area contributed by atoms with Crippen LogP contribution >= 0.6 is 22.9 Å². The van der Waals surface area contributed by atoms with E-state index in [2.05, 4.69) is 15.5 Å². The molecule has 1 aliphatic heterocycles. The van der Waals surface area contributed by atoms with Crippen molar-refractivity contribution < 1.29 is 4.79 Å². The standard InChI is InChI=1S/C12H18ClN3OS/c1-2-15-12(17)11-6-14-3-4-16(11)7-10-5-9(13)8-18-10/h5,8,11,14H,2-4,6-7H2,1H3,(H,15,17). The van der Waals surface area contributed by atoms with Gasteiger partial charge in [0, 0.05) is 43.0 Å². The molecule has 1 fully saturated rings. The molecule has 1 aliphatic rings. The molecule has 0 aromatic carbocycles. The number of piperazine rings is 1. The zero-order chi connectivity index (χ0) is 13.0. The summed E-state index contributed by atoms with van der Waals surface area (Å²) in [6, 6.07) is 1.89. The Labute approximate surface area is 116 Å². The predicted octanol–water partition coefficient (Wildman–Crippen LogP) is 1.31. The number of thiophene rings is 1. The highest BCUT2D eigenvalue weighted by molar-refractivity contribution is 7.10. The first-order valence-electron chi connectivity index (χ1n) is 6.16. The molecule has 6 heteroatoms. The Balaban J connectivity index is 2.01. The zero-order valence-electron chi connectivity index (χ0n) is 10.4. The number of halogens is 1. The summed E-state index contributed by atoms with van der Waals surface area (Å²) in [6.07, 6.45) is 0. The molecule has 0 spiro atoms. The van der Waals surface area contributed by atoms with Crippen LogP contribution in [0.4, 0.5) is 0 Å². The third kappa shape index (κ3) is 3.45. The average Bonchev–Trinajstić information content (AvgIpc) is 2.76. The minimum Gasteiger partial charge on any atom is -0.355 e. The molecule has 18 heavy (non-hydrogen) atoms. The Hall–Kier alpha value is -0.620. The number of likely N-dealkylation sites (N-methyl/N-ethyl adjacent to an activating group) is 1. The molecule has 1 saturated heterocycles. The van der Waals surface area contributed by atoms with E-state index in [1.807, 2.05) is 18.4 Å². The summed E-state index contributed by atoms with van der Waals surface area (Å²) in [5, 5.41) is 8.87. The summed E-state index contributed by atoms with van der Waals surface area (Å²) in [7, 11) is 0. The zero-order valence-corrected chi connectivity index (χ0v) is 12.0. The van der Waals surface area contributed by atoms with Crippen LogP contribution in [0.5, 0.6) is 0 Å². The van der Waals surface area contributed by atoms with Gasteiger partial charge in [-0.2, -0.15) is 0 Å². The first kappa shape index (κ1) is 13.8. The number of nitrogens with zero attached hydrogens (tertiary/aromatic N) is 1. The Morgan fingerprint density at radius 3 is 3.22 bits per heavy atom. The maximum atomic E-state index is 12.0. The molecule has 1 aromatic rings. The molecule has 4 nitrogen and oxygen atoms in total. The number of hydrogen-bond acceptors (Lipinski definition) is 4. The van der Waals surface area contributed by atoms with Gasteiger partial charge in [-0.05, 0) is 13.0 Å². The lowest BCUT2D eigenvalue weighted by atomic mass is 10.1. The summed E-state index contributed by atoms with van der Waals surface area (Å²) in [4.78, 5) is 15.4. The van der Waals surface area contributed by atoms with Crippen LogP contribution in [-0.2, 0) is 11.3 Å². The van der Waals surface area contributed by atoms with Crippen molar-refractivity contribution in [1.82, 2.24) is 15.5 Å². The van der Waals surface area contributed by atoms with Gasteiger partial charge in [0.25, 0.3) is 0 Å². The second kappa shape index (κ2) is 6.52. The number of carbonyl (C=O) groups is 1. The molecule has 2 heterocycles. The lowest BCUT2D eigenvalue weighted by molar-refractivity contribution is -0.127. The van der Waals surface area contributed by atoms with E-state index in [-0.39, 0.29) is 11.9 Å². The van der Waals surface area contributed by atoms with Crippen molar-refractivity contribution in [3.63, 3.8) is 0 Å². The summed E-state index contributed by atoms with van der Waals surface area (Å²) < 4.78 is 0. The molecular formula is C12H18ClN3OS. The predicted molar refractivity (Wildman–Crippen MR) is 75.1 cm³/mol. The van der Waals surface area contributed by atoms with Gasteiger partial charge in [0.1, 0.15) is 6.04 Å². The number of carbonyl (C=O) groups excluding carboxylic acids is 1. The molecule has 1 aromatic heterocycles. The largest absolute Gasteiger partial charge is 0.355 e. The number of hydrogen-bond donors (Lipinski definition) is 2. The topological polar surface area (TPSA) is 44.4 Å². The van der Waals surface area contributed by atoms with E-state index in [0.717, 1.165) is 24.7 Å². The van der Waals surface area contributed by atoms with Crippen molar-refractivity contribution in [1.29, 1.82) is 0 Å². The fourth-order valence-corrected chi connectivity index (χ4v) is 3.22. The fraction of sp³-hybridized carbons (Fsp3) is 0.583. The quantitative estimate of drug-likeness (QED) is 0.878. The molecule has 1 atom stereocenters. The van der Waals surface area contributed by atoms with Crippen LogP contribution < -0.4 is 10.6 Å². The van der Waals surface area contributed by atoms with Crippen molar-refractivity contribution in [2.24, 2.45) is 0 Å². The molecule has 1 unspecified atom stereocenters. The molecule has 100 valence electrons. The molecule has 2 rings (SSSR count). The van der Waals surface area contributed by atoms with E-state index < -0.39 is 0 Å². The third-order valence-electron chi connectivity index (χ3n) is 2.99. The molecule has 0 bridgehead atoms. The highest BCUT2D eigenvalue weighted by Gasteiger charge is 2.28. The lowest BCUT2D eigenvalue weighted by Gasteiger charge is -2.34. The van der Waals surface area contributed by atoms with E-state index in [4.69, 9.17) is 11.6 Å². The molecule has 2 N–H and O–H groups in total. The minimum absolute atomic E-state index is 0.0837. The molecule has 0 radical (unpaired) electrons.